The number of anilines is 1. The Kier molecular flexibility index (Phi) is 7.30. The van der Waals surface area contributed by atoms with Crippen molar-refractivity contribution in [1.82, 2.24) is 4.98 Å². The van der Waals surface area contributed by atoms with Crippen LogP contribution in [0.15, 0.2) is 18.2 Å². The molecule has 0 aliphatic carbocycles. The molecule has 3 rings (SSSR count). The van der Waals surface area contributed by atoms with Gasteiger partial charge in [0.2, 0.25) is 0 Å². The molecule has 1 unspecified atom stereocenters. The highest BCUT2D eigenvalue weighted by Gasteiger charge is 2.27. The zero-order chi connectivity index (χ0) is 21.9. The molecule has 1 fully saturated rings. The zero-order valence-electron chi connectivity index (χ0n) is 17.5. The van der Waals surface area contributed by atoms with E-state index in [1.54, 1.807) is 6.07 Å². The van der Waals surface area contributed by atoms with Crippen LogP contribution in [0, 0.1) is 11.5 Å². The number of benzene rings is 1. The fourth-order valence-corrected chi connectivity index (χ4v) is 4.28. The molecule has 0 amide bonds. The molecule has 8 heteroatoms. The van der Waals surface area contributed by atoms with Gasteiger partial charge in [-0.3, -0.25) is 4.79 Å². The van der Waals surface area contributed by atoms with Crippen molar-refractivity contribution in [3.8, 4) is 11.5 Å². The number of hydrogen-bond acceptors (Lipinski definition) is 4. The topological polar surface area (TPSA) is 62.7 Å². The van der Waals surface area contributed by atoms with E-state index >= 15 is 0 Å². The minimum Gasteiger partial charge on any atom is -0.481 e. The van der Waals surface area contributed by atoms with E-state index in [1.165, 1.54) is 0 Å². The van der Waals surface area contributed by atoms with E-state index in [-0.39, 0.29) is 19.1 Å². The summed E-state index contributed by atoms with van der Waals surface area (Å²) in [4.78, 5) is 17.7. The summed E-state index contributed by atoms with van der Waals surface area (Å²) in [6, 6.07) is 5.86. The minimum atomic E-state index is -1.57. The maximum absolute atomic E-state index is 10.7. The molecule has 2 heterocycles. The number of aliphatic carboxylic acids is 1. The Bertz CT molecular complexity index is 1010. The number of aromatic nitrogens is 1. The number of fused-ring (bicyclic) bond motifs is 1. The van der Waals surface area contributed by atoms with Crippen LogP contribution in [0.2, 0.25) is 29.7 Å². The average molecular weight is 465 g/mol. The highest BCUT2D eigenvalue weighted by Crippen LogP contribution is 2.34. The van der Waals surface area contributed by atoms with Gasteiger partial charge in [-0.25, -0.2) is 4.98 Å². The fraction of sp³-hybridized carbons (Fsp3) is 0.455. The number of pyridine rings is 1. The molecule has 0 saturated carbocycles. The highest BCUT2D eigenvalue weighted by atomic mass is 35.5. The van der Waals surface area contributed by atoms with Crippen molar-refractivity contribution >= 4 is 54.0 Å². The second-order valence-electron chi connectivity index (χ2n) is 8.49. The van der Waals surface area contributed by atoms with Crippen LogP contribution < -0.4 is 4.90 Å². The molecule has 1 aliphatic rings. The van der Waals surface area contributed by atoms with Crippen molar-refractivity contribution in [2.45, 2.75) is 44.9 Å². The van der Waals surface area contributed by atoms with Crippen molar-refractivity contribution < 1.29 is 14.6 Å². The molecule has 1 aromatic carbocycles. The van der Waals surface area contributed by atoms with E-state index < -0.39 is 14.0 Å². The first-order valence-corrected chi connectivity index (χ1v) is 14.3. The SMILES string of the molecule is C[Si](C)(C)C#Cc1cc(N2CCCC2COCCC(=O)O)nc2c(Cl)c(Cl)ccc12. The summed E-state index contributed by atoms with van der Waals surface area (Å²) >= 11 is 12.8. The van der Waals surface area contributed by atoms with Gasteiger partial charge < -0.3 is 14.7 Å². The lowest BCUT2D eigenvalue weighted by Gasteiger charge is -2.26. The lowest BCUT2D eigenvalue weighted by molar-refractivity contribution is -0.138. The van der Waals surface area contributed by atoms with Crippen LogP contribution >= 0.6 is 23.2 Å². The molecule has 0 spiro atoms. The number of carboxylic acid groups (broad SMARTS) is 1. The predicted molar refractivity (Wildman–Crippen MR) is 125 cm³/mol. The van der Waals surface area contributed by atoms with E-state index in [2.05, 4.69) is 36.0 Å². The largest absolute Gasteiger partial charge is 0.481 e. The van der Waals surface area contributed by atoms with Crippen LogP contribution in [0.4, 0.5) is 5.82 Å². The standard InChI is InChI=1S/C22H26Cl2N2O3Si/c1-30(2,3)12-9-15-13-19(25-22-17(15)6-7-18(23)21(22)24)26-10-4-5-16(26)14-29-11-8-20(27)28/h6-7,13,16H,4-5,8,10-11,14H2,1-3H3,(H,27,28). The summed E-state index contributed by atoms with van der Waals surface area (Å²) in [6.07, 6.45) is 1.99. The Hall–Kier alpha value is -1.78. The van der Waals surface area contributed by atoms with Gasteiger partial charge >= 0.3 is 5.97 Å². The van der Waals surface area contributed by atoms with E-state index in [0.717, 1.165) is 36.2 Å². The van der Waals surface area contributed by atoms with Crippen LogP contribution in [0.5, 0.6) is 0 Å². The van der Waals surface area contributed by atoms with Gasteiger partial charge in [0.15, 0.2) is 0 Å². The Morgan fingerprint density at radius 2 is 2.13 bits per heavy atom. The lowest BCUT2D eigenvalue weighted by atomic mass is 10.1. The van der Waals surface area contributed by atoms with E-state index in [0.29, 0.717) is 22.2 Å². The van der Waals surface area contributed by atoms with Gasteiger partial charge in [-0.05, 0) is 31.0 Å². The Labute approximate surface area is 188 Å². The summed E-state index contributed by atoms with van der Waals surface area (Å²) < 4.78 is 5.61. The van der Waals surface area contributed by atoms with Crippen LogP contribution in [-0.2, 0) is 9.53 Å². The normalized spacial score (nSPS) is 16.6. The summed E-state index contributed by atoms with van der Waals surface area (Å²) in [7, 11) is -1.57. The first kappa shape index (κ1) is 22.9. The Balaban J connectivity index is 1.97. The molecular weight excluding hydrogens is 439 g/mol. The van der Waals surface area contributed by atoms with Crippen molar-refractivity contribution in [3.63, 3.8) is 0 Å². The van der Waals surface area contributed by atoms with Gasteiger partial charge in [-0.15, -0.1) is 5.54 Å². The smallest absolute Gasteiger partial charge is 0.305 e. The zero-order valence-corrected chi connectivity index (χ0v) is 20.0. The molecule has 30 heavy (non-hydrogen) atoms. The van der Waals surface area contributed by atoms with E-state index in [9.17, 15) is 4.79 Å². The van der Waals surface area contributed by atoms with Crippen molar-refractivity contribution in [2.24, 2.45) is 0 Å². The monoisotopic (exact) mass is 464 g/mol. The third kappa shape index (κ3) is 5.67. The molecule has 0 bridgehead atoms. The molecule has 1 atom stereocenters. The van der Waals surface area contributed by atoms with Gasteiger partial charge in [0.05, 0.1) is 41.2 Å². The van der Waals surface area contributed by atoms with Gasteiger partial charge in [-0.2, -0.15) is 0 Å². The lowest BCUT2D eigenvalue weighted by Crippen LogP contribution is -2.34. The average Bonchev–Trinajstić information content (AvgIpc) is 3.14. The Morgan fingerprint density at radius 1 is 1.37 bits per heavy atom. The van der Waals surface area contributed by atoms with Crippen molar-refractivity contribution in [3.05, 3.63) is 33.8 Å². The first-order chi connectivity index (χ1) is 14.2. The van der Waals surface area contributed by atoms with Crippen LogP contribution in [0.3, 0.4) is 0 Å². The number of nitrogens with zero attached hydrogens (tertiary/aromatic N) is 2. The first-order valence-electron chi connectivity index (χ1n) is 10.0. The van der Waals surface area contributed by atoms with Crippen LogP contribution in [0.1, 0.15) is 24.8 Å². The molecule has 1 aromatic heterocycles. The van der Waals surface area contributed by atoms with Gasteiger partial charge in [0, 0.05) is 17.5 Å². The van der Waals surface area contributed by atoms with Crippen LogP contribution in [0.25, 0.3) is 10.9 Å². The minimum absolute atomic E-state index is 0.00544. The molecule has 1 aliphatic heterocycles. The molecule has 0 radical (unpaired) electrons. The summed E-state index contributed by atoms with van der Waals surface area (Å²) in [5.74, 6) is 3.31. The quantitative estimate of drug-likeness (QED) is 0.360. The van der Waals surface area contributed by atoms with Gasteiger partial charge in [0.1, 0.15) is 13.9 Å². The number of halogens is 2. The predicted octanol–water partition coefficient (Wildman–Crippen LogP) is 5.23. The fourth-order valence-electron chi connectivity index (χ4n) is 3.42. The third-order valence-electron chi connectivity index (χ3n) is 4.87. The molecule has 160 valence electrons. The number of ether oxygens (including phenoxy) is 1. The number of carboxylic acids is 1. The van der Waals surface area contributed by atoms with Crippen molar-refractivity contribution in [1.29, 1.82) is 0 Å². The number of carbonyl (C=O) groups is 1. The number of hydrogen-bond donors (Lipinski definition) is 1. The van der Waals surface area contributed by atoms with Gasteiger partial charge in [0.25, 0.3) is 0 Å². The molecular formula is C22H26Cl2N2O3Si. The third-order valence-corrected chi connectivity index (χ3v) is 6.54. The summed E-state index contributed by atoms with van der Waals surface area (Å²) in [6.45, 7) is 8.15. The summed E-state index contributed by atoms with van der Waals surface area (Å²) in [5, 5.41) is 10.6. The summed E-state index contributed by atoms with van der Waals surface area (Å²) in [5.41, 5.74) is 4.98. The van der Waals surface area contributed by atoms with Gasteiger partial charge in [-0.1, -0.05) is 48.8 Å². The van der Waals surface area contributed by atoms with Crippen LogP contribution in [-0.4, -0.2) is 49.9 Å². The second kappa shape index (κ2) is 9.57. The van der Waals surface area contributed by atoms with E-state index in [1.807, 2.05) is 12.1 Å². The number of rotatable bonds is 6. The maximum atomic E-state index is 10.7. The van der Waals surface area contributed by atoms with Crippen molar-refractivity contribution in [2.75, 3.05) is 24.7 Å². The molecule has 2 aromatic rings. The molecule has 1 saturated heterocycles. The second-order valence-corrected chi connectivity index (χ2v) is 14.0. The van der Waals surface area contributed by atoms with E-state index in [4.69, 9.17) is 38.0 Å². The highest BCUT2D eigenvalue weighted by molar-refractivity contribution is 6.83. The molecule has 5 nitrogen and oxygen atoms in total. The maximum Gasteiger partial charge on any atom is 0.305 e. The Morgan fingerprint density at radius 3 is 2.83 bits per heavy atom. The molecule has 1 N–H and O–H groups in total.